The molecule has 0 aromatic heterocycles. The number of carboxylic acid groups (broad SMARTS) is 1. The fourth-order valence-corrected chi connectivity index (χ4v) is 1.75. The summed E-state index contributed by atoms with van der Waals surface area (Å²) in [7, 11) is 0. The second kappa shape index (κ2) is 4.63. The number of hydrogen-bond acceptors (Lipinski definition) is 3. The Morgan fingerprint density at radius 1 is 1.37 bits per heavy atom. The van der Waals surface area contributed by atoms with Gasteiger partial charge < -0.3 is 10.4 Å². The number of amides is 3. The fourth-order valence-electron chi connectivity index (χ4n) is 1.75. The number of benzene rings is 1. The molecule has 8 heteroatoms. The predicted molar refractivity (Wildman–Crippen MR) is 57.0 cm³/mol. The van der Waals surface area contributed by atoms with E-state index in [4.69, 9.17) is 5.11 Å². The maximum Gasteiger partial charge on any atom is 0.325 e. The van der Waals surface area contributed by atoms with Gasteiger partial charge in [-0.3, -0.25) is 14.5 Å². The van der Waals surface area contributed by atoms with Gasteiger partial charge in [-0.25, -0.2) is 13.6 Å². The lowest BCUT2D eigenvalue weighted by Crippen LogP contribution is -2.35. The van der Waals surface area contributed by atoms with Gasteiger partial charge in [-0.15, -0.1) is 0 Å². The van der Waals surface area contributed by atoms with Crippen LogP contribution in [0, 0.1) is 11.6 Å². The minimum absolute atomic E-state index is 0.215. The number of carbonyl (C=O) groups excluding carboxylic acids is 2. The largest absolute Gasteiger partial charge is 0.480 e. The number of rotatable bonds is 3. The van der Waals surface area contributed by atoms with Crippen molar-refractivity contribution in [3.05, 3.63) is 35.4 Å². The van der Waals surface area contributed by atoms with E-state index in [1.165, 1.54) is 0 Å². The first-order valence-electron chi connectivity index (χ1n) is 5.18. The molecular weight excluding hydrogens is 262 g/mol. The number of hydrogen-bond donors (Lipinski definition) is 2. The van der Waals surface area contributed by atoms with Crippen molar-refractivity contribution < 1.29 is 28.3 Å². The van der Waals surface area contributed by atoms with Crippen molar-refractivity contribution in [3.63, 3.8) is 0 Å². The molecule has 1 aliphatic heterocycles. The summed E-state index contributed by atoms with van der Waals surface area (Å²) in [5.74, 6) is -4.07. The predicted octanol–water partition coefficient (Wildman–Crippen LogP) is 0.642. The van der Waals surface area contributed by atoms with Crippen LogP contribution in [0.3, 0.4) is 0 Å². The van der Waals surface area contributed by atoms with E-state index in [-0.39, 0.29) is 5.56 Å². The minimum atomic E-state index is -1.37. The van der Waals surface area contributed by atoms with Crippen LogP contribution in [-0.4, -0.2) is 34.5 Å². The first-order chi connectivity index (χ1) is 8.90. The van der Waals surface area contributed by atoms with Crippen LogP contribution in [0.5, 0.6) is 0 Å². The molecule has 0 radical (unpaired) electrons. The SMILES string of the molecule is O=C(O)CN1C(=O)NC(c2ccc(F)cc2F)C1=O. The highest BCUT2D eigenvalue weighted by atomic mass is 19.1. The third kappa shape index (κ3) is 2.37. The molecular formula is C11H8F2N2O4. The van der Waals surface area contributed by atoms with Gasteiger partial charge in [-0.1, -0.05) is 6.07 Å². The second-order valence-electron chi connectivity index (χ2n) is 3.87. The van der Waals surface area contributed by atoms with Gasteiger partial charge in [0.1, 0.15) is 24.2 Å². The summed E-state index contributed by atoms with van der Waals surface area (Å²) in [5.41, 5.74) is -0.215. The van der Waals surface area contributed by atoms with Crippen molar-refractivity contribution >= 4 is 17.9 Å². The Bertz CT molecular complexity index is 576. The first kappa shape index (κ1) is 12.9. The molecule has 3 amide bonds. The zero-order valence-corrected chi connectivity index (χ0v) is 9.39. The zero-order chi connectivity index (χ0) is 14.2. The van der Waals surface area contributed by atoms with Crippen molar-refractivity contribution in [2.45, 2.75) is 6.04 Å². The number of urea groups is 1. The molecule has 6 nitrogen and oxygen atoms in total. The van der Waals surface area contributed by atoms with Gasteiger partial charge in [0, 0.05) is 11.6 Å². The molecule has 2 N–H and O–H groups in total. The summed E-state index contributed by atoms with van der Waals surface area (Å²) in [5, 5.41) is 10.7. The third-order valence-electron chi connectivity index (χ3n) is 2.59. The van der Waals surface area contributed by atoms with E-state index in [9.17, 15) is 23.2 Å². The van der Waals surface area contributed by atoms with Crippen molar-refractivity contribution in [3.8, 4) is 0 Å². The molecule has 0 saturated carbocycles. The molecule has 2 rings (SSSR count). The molecule has 0 spiro atoms. The standard InChI is InChI=1S/C11H8F2N2O4/c12-5-1-2-6(7(13)3-5)9-10(18)15(4-8(16)17)11(19)14-9/h1-3,9H,4H2,(H,14,19)(H,16,17). The second-order valence-corrected chi connectivity index (χ2v) is 3.87. The fraction of sp³-hybridized carbons (Fsp3) is 0.182. The number of imide groups is 1. The number of carboxylic acids is 1. The Morgan fingerprint density at radius 2 is 2.05 bits per heavy atom. The Morgan fingerprint density at radius 3 is 2.63 bits per heavy atom. The van der Waals surface area contributed by atoms with Crippen LogP contribution in [0.2, 0.25) is 0 Å². The molecule has 1 atom stereocenters. The van der Waals surface area contributed by atoms with Crippen LogP contribution in [0.25, 0.3) is 0 Å². The molecule has 1 aromatic carbocycles. The van der Waals surface area contributed by atoms with E-state index < -0.39 is 42.1 Å². The van der Waals surface area contributed by atoms with Crippen LogP contribution >= 0.6 is 0 Å². The van der Waals surface area contributed by atoms with Gasteiger partial charge >= 0.3 is 12.0 Å². The van der Waals surface area contributed by atoms with Gasteiger partial charge in [-0.2, -0.15) is 0 Å². The first-order valence-corrected chi connectivity index (χ1v) is 5.18. The molecule has 1 fully saturated rings. The number of aliphatic carboxylic acids is 1. The number of nitrogens with zero attached hydrogens (tertiary/aromatic N) is 1. The van der Waals surface area contributed by atoms with E-state index in [2.05, 4.69) is 5.32 Å². The molecule has 1 aromatic rings. The molecule has 1 unspecified atom stereocenters. The summed E-state index contributed by atoms with van der Waals surface area (Å²) < 4.78 is 26.3. The summed E-state index contributed by atoms with van der Waals surface area (Å²) in [6, 6.07) is 0.276. The van der Waals surface area contributed by atoms with Crippen molar-refractivity contribution in [2.24, 2.45) is 0 Å². The quantitative estimate of drug-likeness (QED) is 0.789. The van der Waals surface area contributed by atoms with Crippen LogP contribution < -0.4 is 5.32 Å². The van der Waals surface area contributed by atoms with Crippen molar-refractivity contribution in [1.29, 1.82) is 0 Å². The smallest absolute Gasteiger partial charge is 0.325 e. The van der Waals surface area contributed by atoms with E-state index in [1.54, 1.807) is 0 Å². The average molecular weight is 270 g/mol. The van der Waals surface area contributed by atoms with Gasteiger partial charge in [-0.05, 0) is 6.07 Å². The average Bonchev–Trinajstić information content (AvgIpc) is 2.57. The van der Waals surface area contributed by atoms with E-state index in [0.717, 1.165) is 12.1 Å². The monoisotopic (exact) mass is 270 g/mol. The summed E-state index contributed by atoms with van der Waals surface area (Å²) in [6.07, 6.45) is 0. The van der Waals surface area contributed by atoms with Gasteiger partial charge in [0.2, 0.25) is 0 Å². The van der Waals surface area contributed by atoms with E-state index in [1.807, 2.05) is 0 Å². The normalized spacial score (nSPS) is 18.6. The molecule has 1 aliphatic rings. The Balaban J connectivity index is 2.30. The lowest BCUT2D eigenvalue weighted by molar-refractivity contribution is -0.141. The van der Waals surface area contributed by atoms with Crippen LogP contribution in [0.1, 0.15) is 11.6 Å². The Hall–Kier alpha value is -2.51. The molecule has 1 saturated heterocycles. The highest BCUT2D eigenvalue weighted by Crippen LogP contribution is 2.24. The molecule has 0 aliphatic carbocycles. The van der Waals surface area contributed by atoms with E-state index in [0.29, 0.717) is 11.0 Å². The molecule has 1 heterocycles. The minimum Gasteiger partial charge on any atom is -0.480 e. The molecule has 19 heavy (non-hydrogen) atoms. The van der Waals surface area contributed by atoms with Gasteiger partial charge in [0.15, 0.2) is 0 Å². The van der Waals surface area contributed by atoms with Crippen molar-refractivity contribution in [2.75, 3.05) is 6.54 Å². The summed E-state index contributed by atoms with van der Waals surface area (Å²) in [6.45, 7) is -0.815. The van der Waals surface area contributed by atoms with Crippen LogP contribution in [-0.2, 0) is 9.59 Å². The Labute approximate surface area is 105 Å². The maximum absolute atomic E-state index is 13.5. The van der Waals surface area contributed by atoms with Crippen LogP contribution in [0.4, 0.5) is 13.6 Å². The van der Waals surface area contributed by atoms with E-state index >= 15 is 0 Å². The lowest BCUT2D eigenvalue weighted by Gasteiger charge is -2.10. The van der Waals surface area contributed by atoms with Crippen molar-refractivity contribution in [1.82, 2.24) is 10.2 Å². The lowest BCUT2D eigenvalue weighted by atomic mass is 10.1. The van der Waals surface area contributed by atoms with Gasteiger partial charge in [0.25, 0.3) is 5.91 Å². The zero-order valence-electron chi connectivity index (χ0n) is 9.39. The number of halogens is 2. The summed E-state index contributed by atoms with van der Waals surface area (Å²) >= 11 is 0. The highest BCUT2D eigenvalue weighted by molar-refractivity contribution is 6.06. The summed E-state index contributed by atoms with van der Waals surface area (Å²) in [4.78, 5) is 34.2. The topological polar surface area (TPSA) is 86.7 Å². The molecule has 0 bridgehead atoms. The maximum atomic E-state index is 13.5. The van der Waals surface area contributed by atoms with Gasteiger partial charge in [0.05, 0.1) is 0 Å². The van der Waals surface area contributed by atoms with Crippen LogP contribution in [0.15, 0.2) is 18.2 Å². The highest BCUT2D eigenvalue weighted by Gasteiger charge is 2.41. The number of nitrogens with one attached hydrogen (secondary N) is 1. The third-order valence-corrected chi connectivity index (χ3v) is 2.59. The Kier molecular flexibility index (Phi) is 3.16. The molecule has 100 valence electrons. The number of carbonyl (C=O) groups is 3.